The molecule has 4 aliphatic carbocycles. The maximum atomic E-state index is 12.2. The number of esters is 1. The van der Waals surface area contributed by atoms with Crippen molar-refractivity contribution in [2.24, 2.45) is 34.5 Å². The molecule has 5 fully saturated rings. The molecule has 5 rings (SSSR count). The molecule has 0 amide bonds. The van der Waals surface area contributed by atoms with Gasteiger partial charge in [0.2, 0.25) is 0 Å². The maximum absolute atomic E-state index is 12.2. The van der Waals surface area contributed by atoms with E-state index < -0.39 is 0 Å². The molecule has 0 N–H and O–H groups in total. The molecule has 5 aliphatic rings. The Bertz CT molecular complexity index is 707. The van der Waals surface area contributed by atoms with Crippen molar-refractivity contribution in [2.45, 2.75) is 90.3 Å². The van der Waals surface area contributed by atoms with E-state index in [-0.39, 0.29) is 17.5 Å². The summed E-state index contributed by atoms with van der Waals surface area (Å²) in [6.07, 6.45) is 10.7. The Labute approximate surface area is 195 Å². The van der Waals surface area contributed by atoms with E-state index in [1.165, 1.54) is 51.4 Å². The van der Waals surface area contributed by atoms with E-state index in [1.54, 1.807) is 6.92 Å². The van der Waals surface area contributed by atoms with Gasteiger partial charge in [0.05, 0.1) is 13.2 Å². The highest BCUT2D eigenvalue weighted by Gasteiger charge is 2.64. The highest BCUT2D eigenvalue weighted by Crippen LogP contribution is 2.67. The first kappa shape index (κ1) is 23.1. The van der Waals surface area contributed by atoms with Crippen LogP contribution in [0.15, 0.2) is 0 Å². The molecule has 1 aliphatic heterocycles. The first-order chi connectivity index (χ1) is 15.2. The highest BCUT2D eigenvalue weighted by molar-refractivity contribution is 5.66. The Kier molecular flexibility index (Phi) is 6.16. The van der Waals surface area contributed by atoms with Crippen LogP contribution in [0.5, 0.6) is 0 Å². The smallest absolute Gasteiger partial charge is 0.302 e. The molecule has 0 aromatic rings. The lowest BCUT2D eigenvalue weighted by Crippen LogP contribution is -2.56. The number of carbonyl (C=O) groups excluding carboxylic acids is 1. The van der Waals surface area contributed by atoms with E-state index >= 15 is 0 Å². The standard InChI is InChI=1S/C27H46N2O3/c1-18(30)32-25-24(29-12-14-31-15-13-29)17-23-21-7-6-19-16-20(28(4)5)8-10-26(19,2)22(21)9-11-27(23,25)3/h19-25H,6-17H2,1-5H3/t19-,20+,21+,22-,23-,24-,25-,26-,27-/m0/s1. The Morgan fingerprint density at radius 3 is 2.38 bits per heavy atom. The fourth-order valence-electron chi connectivity index (χ4n) is 9.31. The molecule has 9 atom stereocenters. The van der Waals surface area contributed by atoms with Gasteiger partial charge in [-0.15, -0.1) is 0 Å². The van der Waals surface area contributed by atoms with Gasteiger partial charge in [0, 0.05) is 37.5 Å². The van der Waals surface area contributed by atoms with Crippen LogP contribution in [0.1, 0.15) is 72.1 Å². The van der Waals surface area contributed by atoms with Gasteiger partial charge in [0.1, 0.15) is 6.10 Å². The summed E-state index contributed by atoms with van der Waals surface area (Å²) in [5.41, 5.74) is 0.630. The van der Waals surface area contributed by atoms with E-state index in [1.807, 2.05) is 0 Å². The van der Waals surface area contributed by atoms with Crippen LogP contribution in [0.3, 0.4) is 0 Å². The third-order valence-corrected chi connectivity index (χ3v) is 11.1. The lowest BCUT2D eigenvalue weighted by atomic mass is 9.45. The van der Waals surface area contributed by atoms with E-state index in [0.29, 0.717) is 17.4 Å². The summed E-state index contributed by atoms with van der Waals surface area (Å²) < 4.78 is 11.8. The third-order valence-electron chi connectivity index (χ3n) is 11.1. The first-order valence-electron chi connectivity index (χ1n) is 13.4. The molecule has 1 saturated heterocycles. The van der Waals surface area contributed by atoms with Crippen molar-refractivity contribution in [2.75, 3.05) is 40.4 Å². The summed E-state index contributed by atoms with van der Waals surface area (Å²) in [4.78, 5) is 17.2. The van der Waals surface area contributed by atoms with Crippen molar-refractivity contribution in [1.29, 1.82) is 0 Å². The second-order valence-electron chi connectivity index (χ2n) is 12.6. The molecule has 0 aromatic carbocycles. The van der Waals surface area contributed by atoms with Crippen LogP contribution in [0.25, 0.3) is 0 Å². The van der Waals surface area contributed by atoms with Crippen LogP contribution in [0, 0.1) is 34.5 Å². The molecule has 1 heterocycles. The molecule has 5 nitrogen and oxygen atoms in total. The summed E-state index contributed by atoms with van der Waals surface area (Å²) in [6.45, 7) is 10.3. The van der Waals surface area contributed by atoms with Gasteiger partial charge in [-0.25, -0.2) is 0 Å². The van der Waals surface area contributed by atoms with Gasteiger partial charge in [-0.2, -0.15) is 0 Å². The fourth-order valence-corrected chi connectivity index (χ4v) is 9.31. The van der Waals surface area contributed by atoms with Gasteiger partial charge in [-0.05, 0) is 94.5 Å². The first-order valence-corrected chi connectivity index (χ1v) is 13.4. The van der Waals surface area contributed by atoms with Crippen molar-refractivity contribution >= 4 is 5.97 Å². The van der Waals surface area contributed by atoms with Crippen LogP contribution in [-0.2, 0) is 14.3 Å². The minimum absolute atomic E-state index is 0.0408. The van der Waals surface area contributed by atoms with Crippen molar-refractivity contribution in [1.82, 2.24) is 9.80 Å². The minimum atomic E-state index is -0.102. The third kappa shape index (κ3) is 3.65. The van der Waals surface area contributed by atoms with Crippen molar-refractivity contribution in [3.8, 4) is 0 Å². The molecule has 0 bridgehead atoms. The Morgan fingerprint density at radius 2 is 1.69 bits per heavy atom. The predicted octanol–water partition coefficient (Wildman–Crippen LogP) is 4.20. The molecule has 0 unspecified atom stereocenters. The molecule has 0 radical (unpaired) electrons. The van der Waals surface area contributed by atoms with Gasteiger partial charge < -0.3 is 14.4 Å². The molecule has 4 saturated carbocycles. The average molecular weight is 447 g/mol. The van der Waals surface area contributed by atoms with Gasteiger partial charge >= 0.3 is 5.97 Å². The SMILES string of the molecule is CC(=O)O[C@H]1[C@@H](N2CCOCC2)C[C@H]2[C@@H]3CC[C@H]4C[C@H](N(C)C)CC[C@]4(C)[C@H]3CC[C@@]21C. The monoisotopic (exact) mass is 446 g/mol. The minimum Gasteiger partial charge on any atom is -0.460 e. The van der Waals surface area contributed by atoms with Crippen LogP contribution in [0.2, 0.25) is 0 Å². The number of morpholine rings is 1. The molecule has 5 heteroatoms. The summed E-state index contributed by atoms with van der Waals surface area (Å²) in [5.74, 6) is 3.12. The zero-order valence-corrected chi connectivity index (χ0v) is 21.1. The zero-order valence-electron chi connectivity index (χ0n) is 21.1. The average Bonchev–Trinajstić information content (AvgIpc) is 3.05. The number of hydrogen-bond acceptors (Lipinski definition) is 5. The Hall–Kier alpha value is -0.650. The summed E-state index contributed by atoms with van der Waals surface area (Å²) >= 11 is 0. The van der Waals surface area contributed by atoms with E-state index in [4.69, 9.17) is 9.47 Å². The normalized spacial score (nSPS) is 49.2. The largest absolute Gasteiger partial charge is 0.460 e. The zero-order chi connectivity index (χ0) is 22.7. The molecule has 0 aromatic heterocycles. The van der Waals surface area contributed by atoms with Crippen LogP contribution < -0.4 is 0 Å². The molecule has 32 heavy (non-hydrogen) atoms. The highest BCUT2D eigenvalue weighted by atomic mass is 16.5. The number of carbonyl (C=O) groups is 1. The number of rotatable bonds is 3. The van der Waals surface area contributed by atoms with Crippen molar-refractivity contribution < 1.29 is 14.3 Å². The molecule has 182 valence electrons. The van der Waals surface area contributed by atoms with Crippen LogP contribution in [-0.4, -0.2) is 74.4 Å². The van der Waals surface area contributed by atoms with E-state index in [9.17, 15) is 4.79 Å². The number of fused-ring (bicyclic) bond motifs is 5. The maximum Gasteiger partial charge on any atom is 0.302 e. The lowest BCUT2D eigenvalue weighted by molar-refractivity contribution is -0.166. The number of ether oxygens (including phenoxy) is 2. The van der Waals surface area contributed by atoms with Gasteiger partial charge in [0.25, 0.3) is 0 Å². The topological polar surface area (TPSA) is 42.0 Å². The van der Waals surface area contributed by atoms with Crippen LogP contribution in [0.4, 0.5) is 0 Å². The van der Waals surface area contributed by atoms with E-state index in [0.717, 1.165) is 50.1 Å². The van der Waals surface area contributed by atoms with Gasteiger partial charge in [0.15, 0.2) is 0 Å². The van der Waals surface area contributed by atoms with Crippen molar-refractivity contribution in [3.63, 3.8) is 0 Å². The van der Waals surface area contributed by atoms with Gasteiger partial charge in [-0.3, -0.25) is 9.69 Å². The number of hydrogen-bond donors (Lipinski definition) is 0. The molecule has 0 spiro atoms. The van der Waals surface area contributed by atoms with Gasteiger partial charge in [-0.1, -0.05) is 13.8 Å². The summed E-state index contributed by atoms with van der Waals surface area (Å²) in [5, 5.41) is 0. The summed E-state index contributed by atoms with van der Waals surface area (Å²) in [6, 6.07) is 1.13. The second kappa shape index (κ2) is 8.53. The molecular weight excluding hydrogens is 400 g/mol. The lowest BCUT2D eigenvalue weighted by Gasteiger charge is -2.61. The predicted molar refractivity (Wildman–Crippen MR) is 126 cm³/mol. The van der Waals surface area contributed by atoms with E-state index in [2.05, 4.69) is 37.7 Å². The number of nitrogens with zero attached hydrogens (tertiary/aromatic N) is 2. The Morgan fingerprint density at radius 1 is 0.969 bits per heavy atom. The summed E-state index contributed by atoms with van der Waals surface area (Å²) in [7, 11) is 4.54. The van der Waals surface area contributed by atoms with Crippen molar-refractivity contribution in [3.05, 3.63) is 0 Å². The quantitative estimate of drug-likeness (QED) is 0.608. The second-order valence-corrected chi connectivity index (χ2v) is 12.6. The Balaban J connectivity index is 1.40. The van der Waals surface area contributed by atoms with Crippen LogP contribution >= 0.6 is 0 Å². The molecular formula is C27H46N2O3. The fraction of sp³-hybridized carbons (Fsp3) is 0.963.